The minimum Gasteiger partial charge on any atom is -0.326 e. The number of nitrogens with zero attached hydrogens (tertiary/aromatic N) is 3. The van der Waals surface area contributed by atoms with Crippen LogP contribution in [0, 0.1) is 25.2 Å². The van der Waals surface area contributed by atoms with Gasteiger partial charge in [-0.25, -0.2) is 0 Å². The molecule has 0 aliphatic carbocycles. The van der Waals surface area contributed by atoms with Crippen molar-refractivity contribution in [2.24, 2.45) is 0 Å². The molecular formula is C19H24N4O. The number of aryl methyl sites for hydroxylation is 3. The normalized spacial score (nSPS) is 10.4. The number of carbonyl (C=O) groups excluding carboxylic acids is 1. The standard InChI is InChI=1S/C19H24N4O/c1-4-16-7-5-8-17(13-16)21-19(24)10-9-18-14(2)22-23(15(18)3)12-6-11-20/h5,7-8,13H,4,6,9-10,12H2,1-3H3,(H,21,24). The molecule has 24 heavy (non-hydrogen) atoms. The summed E-state index contributed by atoms with van der Waals surface area (Å²) in [5, 5.41) is 16.1. The molecule has 1 amide bonds. The molecule has 0 saturated carbocycles. The van der Waals surface area contributed by atoms with Crippen molar-refractivity contribution in [3.63, 3.8) is 0 Å². The molecule has 5 nitrogen and oxygen atoms in total. The molecule has 0 spiro atoms. The summed E-state index contributed by atoms with van der Waals surface area (Å²) in [6.45, 7) is 6.64. The maximum absolute atomic E-state index is 12.2. The summed E-state index contributed by atoms with van der Waals surface area (Å²) in [5.74, 6) is 0.00632. The fourth-order valence-electron chi connectivity index (χ4n) is 2.80. The summed E-state index contributed by atoms with van der Waals surface area (Å²) in [6, 6.07) is 10.1. The van der Waals surface area contributed by atoms with Gasteiger partial charge in [-0.1, -0.05) is 19.1 Å². The molecule has 0 bridgehead atoms. The van der Waals surface area contributed by atoms with Crippen molar-refractivity contribution in [2.45, 2.75) is 53.0 Å². The lowest BCUT2D eigenvalue weighted by atomic mass is 10.1. The van der Waals surface area contributed by atoms with Crippen LogP contribution in [0.25, 0.3) is 0 Å². The second-order valence-electron chi connectivity index (χ2n) is 5.88. The van der Waals surface area contributed by atoms with Gasteiger partial charge < -0.3 is 5.32 Å². The van der Waals surface area contributed by atoms with E-state index in [1.54, 1.807) is 0 Å². The smallest absolute Gasteiger partial charge is 0.224 e. The molecule has 0 aliphatic rings. The second-order valence-corrected chi connectivity index (χ2v) is 5.88. The molecule has 0 unspecified atom stereocenters. The highest BCUT2D eigenvalue weighted by molar-refractivity contribution is 5.90. The first-order valence-electron chi connectivity index (χ1n) is 8.33. The van der Waals surface area contributed by atoms with Gasteiger partial charge in [-0.05, 0) is 49.9 Å². The Morgan fingerprint density at radius 3 is 2.88 bits per heavy atom. The van der Waals surface area contributed by atoms with Crippen molar-refractivity contribution >= 4 is 11.6 Å². The molecule has 2 rings (SSSR count). The largest absolute Gasteiger partial charge is 0.326 e. The molecule has 1 aromatic carbocycles. The lowest BCUT2D eigenvalue weighted by Crippen LogP contribution is -2.13. The van der Waals surface area contributed by atoms with Gasteiger partial charge in [-0.3, -0.25) is 9.48 Å². The van der Waals surface area contributed by atoms with Gasteiger partial charge in [0.05, 0.1) is 24.7 Å². The number of benzene rings is 1. The van der Waals surface area contributed by atoms with Crippen LogP contribution in [0.2, 0.25) is 0 Å². The lowest BCUT2D eigenvalue weighted by Gasteiger charge is -2.07. The van der Waals surface area contributed by atoms with E-state index in [1.165, 1.54) is 5.56 Å². The Morgan fingerprint density at radius 1 is 1.38 bits per heavy atom. The average molecular weight is 324 g/mol. The average Bonchev–Trinajstić information content (AvgIpc) is 2.85. The van der Waals surface area contributed by atoms with E-state index in [0.717, 1.165) is 29.1 Å². The number of anilines is 1. The van der Waals surface area contributed by atoms with Crippen LogP contribution in [-0.4, -0.2) is 15.7 Å². The summed E-state index contributed by atoms with van der Waals surface area (Å²) in [4.78, 5) is 12.2. The van der Waals surface area contributed by atoms with Gasteiger partial charge in [0.25, 0.3) is 0 Å². The summed E-state index contributed by atoms with van der Waals surface area (Å²) in [7, 11) is 0. The first-order chi connectivity index (χ1) is 11.5. The van der Waals surface area contributed by atoms with Crippen molar-refractivity contribution in [3.8, 4) is 6.07 Å². The predicted octanol–water partition coefficient (Wildman–Crippen LogP) is 3.55. The Balaban J connectivity index is 1.96. The zero-order valence-electron chi connectivity index (χ0n) is 14.6. The Morgan fingerprint density at radius 2 is 2.17 bits per heavy atom. The van der Waals surface area contributed by atoms with Crippen LogP contribution in [0.1, 0.15) is 42.3 Å². The monoisotopic (exact) mass is 324 g/mol. The first kappa shape index (κ1) is 17.7. The third kappa shape index (κ3) is 4.45. The van der Waals surface area contributed by atoms with E-state index >= 15 is 0 Å². The number of hydrogen-bond acceptors (Lipinski definition) is 3. The van der Waals surface area contributed by atoms with Crippen LogP contribution in [0.3, 0.4) is 0 Å². The van der Waals surface area contributed by atoms with Crippen molar-refractivity contribution in [1.29, 1.82) is 5.26 Å². The number of rotatable bonds is 7. The van der Waals surface area contributed by atoms with Gasteiger partial charge in [0.15, 0.2) is 0 Å². The quantitative estimate of drug-likeness (QED) is 0.846. The molecule has 0 radical (unpaired) electrons. The van der Waals surface area contributed by atoms with Crippen molar-refractivity contribution < 1.29 is 4.79 Å². The maximum atomic E-state index is 12.2. The lowest BCUT2D eigenvalue weighted by molar-refractivity contribution is -0.116. The van der Waals surface area contributed by atoms with Gasteiger partial charge >= 0.3 is 0 Å². The highest BCUT2D eigenvalue weighted by Gasteiger charge is 2.13. The van der Waals surface area contributed by atoms with Gasteiger partial charge in [0.2, 0.25) is 5.91 Å². The minimum absolute atomic E-state index is 0.00632. The van der Waals surface area contributed by atoms with E-state index in [1.807, 2.05) is 36.7 Å². The Kier molecular flexibility index (Phi) is 6.14. The zero-order valence-corrected chi connectivity index (χ0v) is 14.6. The summed E-state index contributed by atoms with van der Waals surface area (Å²) in [6.07, 6.45) is 2.46. The number of hydrogen-bond donors (Lipinski definition) is 1. The van der Waals surface area contributed by atoms with E-state index in [2.05, 4.69) is 29.5 Å². The molecule has 5 heteroatoms. The summed E-state index contributed by atoms with van der Waals surface area (Å²) >= 11 is 0. The Labute approximate surface area is 143 Å². The van der Waals surface area contributed by atoms with Gasteiger partial charge in [-0.2, -0.15) is 10.4 Å². The topological polar surface area (TPSA) is 70.7 Å². The highest BCUT2D eigenvalue weighted by atomic mass is 16.1. The highest BCUT2D eigenvalue weighted by Crippen LogP contribution is 2.17. The molecular weight excluding hydrogens is 300 g/mol. The van der Waals surface area contributed by atoms with Crippen LogP contribution in [-0.2, 0) is 24.2 Å². The fourth-order valence-corrected chi connectivity index (χ4v) is 2.80. The number of amides is 1. The minimum atomic E-state index is 0.00632. The fraction of sp³-hybridized carbons (Fsp3) is 0.421. The Hall–Kier alpha value is -2.61. The molecule has 1 aromatic heterocycles. The summed E-state index contributed by atoms with van der Waals surface area (Å²) in [5.41, 5.74) is 5.14. The van der Waals surface area contributed by atoms with Gasteiger partial charge in [0, 0.05) is 17.8 Å². The molecule has 2 aromatic rings. The third-order valence-corrected chi connectivity index (χ3v) is 4.19. The first-order valence-corrected chi connectivity index (χ1v) is 8.33. The van der Waals surface area contributed by atoms with E-state index in [0.29, 0.717) is 25.8 Å². The molecule has 126 valence electrons. The molecule has 1 heterocycles. The van der Waals surface area contributed by atoms with Crippen LogP contribution >= 0.6 is 0 Å². The van der Waals surface area contributed by atoms with E-state index < -0.39 is 0 Å². The van der Waals surface area contributed by atoms with Gasteiger partial charge in [0.1, 0.15) is 0 Å². The van der Waals surface area contributed by atoms with Crippen LogP contribution in [0.4, 0.5) is 5.69 Å². The van der Waals surface area contributed by atoms with E-state index in [-0.39, 0.29) is 5.91 Å². The SMILES string of the molecule is CCc1cccc(NC(=O)CCc2c(C)nn(CCC#N)c2C)c1. The third-order valence-electron chi connectivity index (χ3n) is 4.19. The van der Waals surface area contributed by atoms with Crippen LogP contribution in [0.15, 0.2) is 24.3 Å². The maximum Gasteiger partial charge on any atom is 0.224 e. The zero-order chi connectivity index (χ0) is 17.5. The summed E-state index contributed by atoms with van der Waals surface area (Å²) < 4.78 is 1.86. The van der Waals surface area contributed by atoms with Crippen LogP contribution in [0.5, 0.6) is 0 Å². The molecule has 0 atom stereocenters. The second kappa shape index (κ2) is 8.30. The predicted molar refractivity (Wildman–Crippen MR) is 94.7 cm³/mol. The number of carbonyl (C=O) groups is 1. The van der Waals surface area contributed by atoms with Crippen molar-refractivity contribution in [3.05, 3.63) is 46.8 Å². The van der Waals surface area contributed by atoms with Gasteiger partial charge in [-0.15, -0.1) is 0 Å². The molecule has 0 aliphatic heterocycles. The van der Waals surface area contributed by atoms with Crippen molar-refractivity contribution in [1.82, 2.24) is 9.78 Å². The molecule has 0 fully saturated rings. The number of nitrogens with one attached hydrogen (secondary N) is 1. The van der Waals surface area contributed by atoms with E-state index in [9.17, 15) is 4.79 Å². The van der Waals surface area contributed by atoms with Crippen LogP contribution < -0.4 is 5.32 Å². The van der Waals surface area contributed by atoms with Crippen molar-refractivity contribution in [2.75, 3.05) is 5.32 Å². The number of nitriles is 1. The number of aromatic nitrogens is 2. The van der Waals surface area contributed by atoms with E-state index in [4.69, 9.17) is 5.26 Å². The molecule has 1 N–H and O–H groups in total. The molecule has 0 saturated heterocycles. The Bertz CT molecular complexity index is 755.